The van der Waals surface area contributed by atoms with E-state index >= 15 is 0 Å². The van der Waals surface area contributed by atoms with Gasteiger partial charge in [0, 0.05) is 0 Å². The molecule has 2 N–H and O–H groups in total. The molecule has 0 aromatic rings. The predicted molar refractivity (Wildman–Crippen MR) is 52.5 cm³/mol. The normalized spacial score (nSPS) is 11.0. The fourth-order valence-electron chi connectivity index (χ4n) is 0.828. The van der Waals surface area contributed by atoms with Crippen molar-refractivity contribution in [3.05, 3.63) is 0 Å². The van der Waals surface area contributed by atoms with Gasteiger partial charge in [-0.2, -0.15) is 0 Å². The summed E-state index contributed by atoms with van der Waals surface area (Å²) in [5.41, 5.74) is 0. The van der Waals surface area contributed by atoms with Crippen molar-refractivity contribution in [1.29, 1.82) is 0 Å². The van der Waals surface area contributed by atoms with E-state index in [1.807, 2.05) is 0 Å². The Morgan fingerprint density at radius 2 is 1.54 bits per heavy atom. The molecule has 0 bridgehead atoms. The van der Waals surface area contributed by atoms with Crippen molar-refractivity contribution < 1.29 is 19.8 Å². The molecular formula is C7H14KNaO4. The Morgan fingerprint density at radius 3 is 1.62 bits per heavy atom. The molecule has 0 aromatic carbocycles. The summed E-state index contributed by atoms with van der Waals surface area (Å²) in [6.07, 6.45) is 0.559. The number of carbonyl (C=O) groups is 2. The SMILES string of the molecule is CCC(C)C(C(=O)O)C(=O)O.[KH].[NaH]. The first-order valence-electron chi connectivity index (χ1n) is 3.46. The third kappa shape index (κ3) is 7.50. The number of carboxylic acid groups (broad SMARTS) is 2. The van der Waals surface area contributed by atoms with Crippen LogP contribution in [0.25, 0.3) is 0 Å². The van der Waals surface area contributed by atoms with Crippen LogP contribution in [0.4, 0.5) is 0 Å². The summed E-state index contributed by atoms with van der Waals surface area (Å²) in [6.45, 7) is 3.39. The minimum absolute atomic E-state index is 0. The van der Waals surface area contributed by atoms with Gasteiger partial charge in [0.15, 0.2) is 5.92 Å². The third-order valence-corrected chi connectivity index (χ3v) is 1.75. The molecule has 0 amide bonds. The zero-order chi connectivity index (χ0) is 9.02. The van der Waals surface area contributed by atoms with E-state index in [9.17, 15) is 9.59 Å². The third-order valence-electron chi connectivity index (χ3n) is 1.75. The fraction of sp³-hybridized carbons (Fsp3) is 0.714. The van der Waals surface area contributed by atoms with Crippen LogP contribution in [0, 0.1) is 11.8 Å². The molecule has 1 atom stereocenters. The zero-order valence-electron chi connectivity index (χ0n) is 6.57. The van der Waals surface area contributed by atoms with Crippen LogP contribution in [0.3, 0.4) is 0 Å². The molecule has 0 saturated heterocycles. The second kappa shape index (κ2) is 10.1. The van der Waals surface area contributed by atoms with Crippen LogP contribution in [-0.4, -0.2) is 103 Å². The molecule has 0 spiro atoms. The van der Waals surface area contributed by atoms with Gasteiger partial charge in [0.25, 0.3) is 0 Å². The van der Waals surface area contributed by atoms with Crippen molar-refractivity contribution in [1.82, 2.24) is 0 Å². The van der Waals surface area contributed by atoms with Gasteiger partial charge in [-0.15, -0.1) is 0 Å². The molecule has 0 aromatic heterocycles. The van der Waals surface area contributed by atoms with E-state index < -0.39 is 17.9 Å². The summed E-state index contributed by atoms with van der Waals surface area (Å²) < 4.78 is 0. The van der Waals surface area contributed by atoms with Gasteiger partial charge in [0.2, 0.25) is 0 Å². The van der Waals surface area contributed by atoms with Crippen molar-refractivity contribution in [3.8, 4) is 0 Å². The summed E-state index contributed by atoms with van der Waals surface area (Å²) in [5, 5.41) is 16.9. The molecule has 4 nitrogen and oxygen atoms in total. The van der Waals surface area contributed by atoms with Gasteiger partial charge in [0.05, 0.1) is 0 Å². The van der Waals surface area contributed by atoms with Crippen molar-refractivity contribution in [2.24, 2.45) is 11.8 Å². The van der Waals surface area contributed by atoms with Gasteiger partial charge in [-0.25, -0.2) is 0 Å². The van der Waals surface area contributed by atoms with Crippen LogP contribution in [0.15, 0.2) is 0 Å². The summed E-state index contributed by atoms with van der Waals surface area (Å²) >= 11 is 0. The van der Waals surface area contributed by atoms with Gasteiger partial charge in [-0.05, 0) is 5.92 Å². The molecule has 0 fully saturated rings. The van der Waals surface area contributed by atoms with E-state index in [1.54, 1.807) is 13.8 Å². The van der Waals surface area contributed by atoms with Crippen LogP contribution in [0.1, 0.15) is 20.3 Å². The first kappa shape index (κ1) is 20.0. The van der Waals surface area contributed by atoms with E-state index in [4.69, 9.17) is 10.2 Å². The number of carboxylic acids is 2. The van der Waals surface area contributed by atoms with E-state index in [2.05, 4.69) is 0 Å². The minimum atomic E-state index is -1.26. The van der Waals surface area contributed by atoms with Gasteiger partial charge < -0.3 is 10.2 Å². The molecule has 0 radical (unpaired) electrons. The maximum atomic E-state index is 10.4. The second-order valence-corrected chi connectivity index (χ2v) is 2.54. The summed E-state index contributed by atoms with van der Waals surface area (Å²) in [4.78, 5) is 20.7. The van der Waals surface area contributed by atoms with E-state index in [-0.39, 0.29) is 86.9 Å². The Hall–Kier alpha value is 1.58. The molecule has 0 aliphatic carbocycles. The second-order valence-electron chi connectivity index (χ2n) is 2.54. The average molecular weight is 224 g/mol. The fourth-order valence-corrected chi connectivity index (χ4v) is 0.828. The van der Waals surface area contributed by atoms with E-state index in [0.717, 1.165) is 0 Å². The first-order chi connectivity index (χ1) is 5.00. The van der Waals surface area contributed by atoms with Crippen LogP contribution in [-0.2, 0) is 9.59 Å². The molecule has 68 valence electrons. The molecule has 1 unspecified atom stereocenters. The van der Waals surface area contributed by atoms with Crippen LogP contribution in [0.5, 0.6) is 0 Å². The quantitative estimate of drug-likeness (QED) is 0.499. The standard InChI is InChI=1S/C7H12O4.K.Na.2H/c1-3-4(2)5(6(8)9)7(10)11;;;;/h4-5H,3H2,1-2H3,(H,8,9)(H,10,11);;;;. The van der Waals surface area contributed by atoms with Crippen molar-refractivity contribution in [2.75, 3.05) is 0 Å². The number of aliphatic carboxylic acids is 2. The molecule has 0 aliphatic rings. The Kier molecular flexibility index (Phi) is 15.6. The zero-order valence-corrected chi connectivity index (χ0v) is 6.57. The molecule has 6 heteroatoms. The Balaban J connectivity index is -0.000000500. The van der Waals surface area contributed by atoms with Gasteiger partial charge in [-0.1, -0.05) is 20.3 Å². The molecule has 0 rings (SSSR count). The van der Waals surface area contributed by atoms with Crippen LogP contribution in [0.2, 0.25) is 0 Å². The van der Waals surface area contributed by atoms with Crippen LogP contribution < -0.4 is 0 Å². The van der Waals surface area contributed by atoms with Crippen LogP contribution >= 0.6 is 0 Å². The first-order valence-corrected chi connectivity index (χ1v) is 3.46. The van der Waals surface area contributed by atoms with Crippen molar-refractivity contribution in [2.45, 2.75) is 20.3 Å². The Morgan fingerprint density at radius 1 is 1.23 bits per heavy atom. The number of hydrogen-bond acceptors (Lipinski definition) is 2. The maximum absolute atomic E-state index is 10.4. The monoisotopic (exact) mass is 224 g/mol. The molecular weight excluding hydrogens is 210 g/mol. The topological polar surface area (TPSA) is 74.6 Å². The molecule has 0 heterocycles. The average Bonchev–Trinajstić information content (AvgIpc) is 1.85. The molecule has 13 heavy (non-hydrogen) atoms. The summed E-state index contributed by atoms with van der Waals surface area (Å²) in [7, 11) is 0. The van der Waals surface area contributed by atoms with E-state index in [1.165, 1.54) is 0 Å². The van der Waals surface area contributed by atoms with E-state index in [0.29, 0.717) is 6.42 Å². The Labute approximate surface area is 142 Å². The summed E-state index contributed by atoms with van der Waals surface area (Å²) in [6, 6.07) is 0. The van der Waals surface area contributed by atoms with Gasteiger partial charge >= 0.3 is 92.9 Å². The van der Waals surface area contributed by atoms with Gasteiger partial charge in [-0.3, -0.25) is 9.59 Å². The molecule has 0 saturated carbocycles. The van der Waals surface area contributed by atoms with Crippen molar-refractivity contribution in [3.63, 3.8) is 0 Å². The Bertz CT molecular complexity index is 160. The number of hydrogen-bond donors (Lipinski definition) is 2. The molecule has 0 aliphatic heterocycles. The number of rotatable bonds is 4. The van der Waals surface area contributed by atoms with Gasteiger partial charge in [0.1, 0.15) is 0 Å². The summed E-state index contributed by atoms with van der Waals surface area (Å²) in [5.74, 6) is -4.09. The van der Waals surface area contributed by atoms with Crippen molar-refractivity contribution >= 4 is 92.9 Å². The predicted octanol–water partition coefficient (Wildman–Crippen LogP) is -0.479.